The van der Waals surface area contributed by atoms with Gasteiger partial charge in [0.05, 0.1) is 24.5 Å². The molecule has 0 spiro atoms. The average molecular weight is 982 g/mol. The van der Waals surface area contributed by atoms with Gasteiger partial charge in [0.15, 0.2) is 34.0 Å². The van der Waals surface area contributed by atoms with E-state index in [-0.39, 0.29) is 42.7 Å². The number of aliphatic hydroxyl groups excluding tert-OH is 1. The van der Waals surface area contributed by atoms with Crippen LogP contribution in [-0.2, 0) is 32.4 Å². The number of amides is 2. The fourth-order valence-corrected chi connectivity index (χ4v) is 13.2. The summed E-state index contributed by atoms with van der Waals surface area (Å²) in [6, 6.07) is 13.8. The van der Waals surface area contributed by atoms with E-state index in [1.54, 1.807) is 67.0 Å². The lowest BCUT2D eigenvalue weighted by atomic mass is 9.45. The number of carboxylic acid groups (broad SMARTS) is 1. The molecule has 9 N–H and O–H groups in total. The number of benzene rings is 2. The van der Waals surface area contributed by atoms with Gasteiger partial charge in [-0.15, -0.1) is 0 Å². The van der Waals surface area contributed by atoms with Crippen molar-refractivity contribution in [2.75, 3.05) is 41.5 Å². The van der Waals surface area contributed by atoms with Crippen molar-refractivity contribution in [3.8, 4) is 0 Å². The predicted molar refractivity (Wildman–Crippen MR) is 266 cm³/mol. The van der Waals surface area contributed by atoms with Gasteiger partial charge in [-0.25, -0.2) is 19.2 Å². The number of alkyl halides is 1. The minimum Gasteiger partial charge on any atom is -0.480 e. The van der Waals surface area contributed by atoms with Crippen LogP contribution in [0.2, 0.25) is 0 Å². The van der Waals surface area contributed by atoms with E-state index in [1.807, 2.05) is 50.1 Å². The lowest BCUT2D eigenvalue weighted by Crippen LogP contribution is -2.69. The van der Waals surface area contributed by atoms with Gasteiger partial charge in [-0.05, 0) is 91.7 Å². The Morgan fingerprint density at radius 3 is 2.43 bits per heavy atom. The van der Waals surface area contributed by atoms with Crippen LogP contribution in [0.3, 0.4) is 0 Å². The summed E-state index contributed by atoms with van der Waals surface area (Å²) in [7, 11) is 1.86. The zero-order chi connectivity index (χ0) is 49.5. The predicted octanol–water partition coefficient (Wildman–Crippen LogP) is 5.42. The van der Waals surface area contributed by atoms with Crippen LogP contribution in [0.1, 0.15) is 80.1 Å². The Kier molecular flexibility index (Phi) is 14.2. The van der Waals surface area contributed by atoms with Gasteiger partial charge in [0.25, 0.3) is 11.8 Å². The highest BCUT2D eigenvalue weighted by atomic mass is 32.2. The van der Waals surface area contributed by atoms with Gasteiger partial charge in [0.2, 0.25) is 5.95 Å². The smallest absolute Gasteiger partial charge is 0.326 e. The van der Waals surface area contributed by atoms with Crippen LogP contribution in [0, 0.1) is 28.6 Å². The Morgan fingerprint density at radius 1 is 1.01 bits per heavy atom. The molecular formula is C50H60FN9O7S2. The fraction of sp³-hybridized carbons (Fsp3) is 0.480. The molecular weight excluding hydrogens is 922 g/mol. The summed E-state index contributed by atoms with van der Waals surface area (Å²) in [5.41, 5.74) is 10.8. The van der Waals surface area contributed by atoms with Crippen LogP contribution in [0.25, 0.3) is 11.2 Å². The number of fused-ring (bicyclic) bond motifs is 6. The highest BCUT2D eigenvalue weighted by molar-refractivity contribution is 7.98. The molecule has 8 rings (SSSR count). The molecule has 16 nitrogen and oxygen atoms in total. The molecule has 4 aliphatic rings. The lowest BCUT2D eigenvalue weighted by Gasteiger charge is -2.61. The van der Waals surface area contributed by atoms with Gasteiger partial charge in [-0.1, -0.05) is 55.8 Å². The molecule has 4 aromatic rings. The van der Waals surface area contributed by atoms with Crippen molar-refractivity contribution in [2.45, 2.75) is 94.3 Å². The summed E-state index contributed by atoms with van der Waals surface area (Å²) in [5.74, 6) is -1.08. The van der Waals surface area contributed by atoms with E-state index in [2.05, 4.69) is 36.6 Å². The molecule has 2 saturated carbocycles. The summed E-state index contributed by atoms with van der Waals surface area (Å²) in [4.78, 5) is 70.2. The number of halogens is 1. The molecule has 2 heterocycles. The average Bonchev–Trinajstić information content (AvgIpc) is 3.51. The van der Waals surface area contributed by atoms with Gasteiger partial charge in [0, 0.05) is 65.3 Å². The summed E-state index contributed by atoms with van der Waals surface area (Å²) in [5, 5.41) is 39.5. The maximum Gasteiger partial charge on any atom is 0.326 e. The number of hydrogen-bond acceptors (Lipinski definition) is 15. The first-order valence-electron chi connectivity index (χ1n) is 23.2. The Bertz CT molecular complexity index is 2710. The lowest BCUT2D eigenvalue weighted by molar-refractivity contribution is -0.215. The van der Waals surface area contributed by atoms with E-state index >= 15 is 4.39 Å². The normalized spacial score (nSPS) is 28.5. The molecule has 2 amide bonds. The second-order valence-electron chi connectivity index (χ2n) is 19.4. The number of nitrogen functional groups attached to an aromatic ring is 2. The number of aliphatic carboxylic acids is 1. The second kappa shape index (κ2) is 19.6. The number of aromatic nitrogens is 4. The molecule has 5 unspecified atom stereocenters. The first-order chi connectivity index (χ1) is 32.8. The Labute approximate surface area is 408 Å². The van der Waals surface area contributed by atoms with E-state index in [1.165, 1.54) is 6.08 Å². The Hall–Kier alpha value is -5.63. The number of anilines is 3. The van der Waals surface area contributed by atoms with Gasteiger partial charge >= 0.3 is 5.97 Å². The third-order valence-corrected chi connectivity index (χ3v) is 17.3. The van der Waals surface area contributed by atoms with Crippen molar-refractivity contribution in [1.82, 2.24) is 30.6 Å². The molecule has 0 saturated heterocycles. The quantitative estimate of drug-likeness (QED) is 0.0514. The zero-order valence-electron chi connectivity index (χ0n) is 39.2. The molecule has 2 fully saturated rings. The highest BCUT2D eigenvalue weighted by Gasteiger charge is 2.75. The molecule has 0 aliphatic heterocycles. The third kappa shape index (κ3) is 9.30. The fourth-order valence-electron chi connectivity index (χ4n) is 11.5. The zero-order valence-corrected chi connectivity index (χ0v) is 40.8. The van der Waals surface area contributed by atoms with Crippen molar-refractivity contribution in [3.63, 3.8) is 0 Å². The van der Waals surface area contributed by atoms with Crippen molar-refractivity contribution in [3.05, 3.63) is 101 Å². The number of allylic oxidation sites excluding steroid dienone is 4. The number of ketones is 1. The first-order valence-corrected chi connectivity index (χ1v) is 25.5. The number of thioether (sulfide) groups is 2. The van der Waals surface area contributed by atoms with Crippen LogP contribution >= 0.6 is 23.5 Å². The maximum atomic E-state index is 17.5. The number of carboxylic acids is 1. The number of rotatable bonds is 17. The summed E-state index contributed by atoms with van der Waals surface area (Å²) < 4.78 is 17.5. The SMILES string of the molecule is C[C@@H]1CC2C3CC=C4CC(=O)C=C[C@]4(C)C3(F)C(O)C[C@]2(C)[C@@]1(O)C(=O)NCCSCc1cccc(CSCCC(NC(=O)c2ccc(N(C)Cc3cnc4nc(N)nc(N)c4n3)cc2)C(=O)O)c1. The van der Waals surface area contributed by atoms with Gasteiger partial charge in [-0.3, -0.25) is 14.4 Å². The third-order valence-electron chi connectivity index (χ3n) is 15.2. The van der Waals surface area contributed by atoms with Crippen LogP contribution in [-0.4, -0.2) is 107 Å². The monoisotopic (exact) mass is 981 g/mol. The van der Waals surface area contributed by atoms with E-state index in [9.17, 15) is 34.5 Å². The number of aliphatic hydroxyl groups is 2. The van der Waals surface area contributed by atoms with Crippen molar-refractivity contribution in [1.29, 1.82) is 0 Å². The largest absolute Gasteiger partial charge is 0.480 e. The Balaban J connectivity index is 0.768. The second-order valence-corrected chi connectivity index (χ2v) is 21.6. The standard InChI is InChI=1S/C50H60FN9O7S2/c1-28-20-37-36-13-10-32-22-35(61)14-16-47(32,2)49(36,51)39(62)23-48(37,3)50(28,67)45(66)54-17-19-69-27-30-7-5-6-29(21-30)26-68-18-15-38(44(64)65)57-43(63)31-8-11-34(12-9-31)60(4)25-33-24-55-42-40(56-33)41(52)58-46(53)59-42/h5-12,14,16,21,24,28,36-39,62,67H,13,15,17-20,22-23,25-27H2,1-4H3,(H,54,66)(H,57,63)(H,64,65)(H4,52,53,55,58,59)/t28-,36?,37?,38?,39?,47+,48+,49?,50+/m1/s1. The number of carbonyl (C=O) groups excluding carboxylic acids is 3. The van der Waals surface area contributed by atoms with E-state index < -0.39 is 63.9 Å². The minimum atomic E-state index is -2.03. The van der Waals surface area contributed by atoms with Gasteiger partial charge in [0.1, 0.15) is 6.04 Å². The molecule has 4 aliphatic carbocycles. The molecule has 19 heteroatoms. The topological polar surface area (TPSA) is 260 Å². The molecule has 69 heavy (non-hydrogen) atoms. The molecule has 0 bridgehead atoms. The van der Waals surface area contributed by atoms with Crippen molar-refractivity contribution in [2.24, 2.45) is 28.6 Å². The van der Waals surface area contributed by atoms with Gasteiger partial charge < -0.3 is 42.3 Å². The molecule has 2 aromatic heterocycles. The summed E-state index contributed by atoms with van der Waals surface area (Å²) >= 11 is 3.21. The van der Waals surface area contributed by atoms with E-state index in [0.29, 0.717) is 76.9 Å². The summed E-state index contributed by atoms with van der Waals surface area (Å²) in [6.07, 6.45) is 6.18. The van der Waals surface area contributed by atoms with Crippen LogP contribution in [0.4, 0.5) is 21.8 Å². The van der Waals surface area contributed by atoms with E-state index in [0.717, 1.165) is 16.8 Å². The highest BCUT2D eigenvalue weighted by Crippen LogP contribution is 2.70. The number of hydrogen-bond donors (Lipinski definition) is 7. The van der Waals surface area contributed by atoms with Gasteiger partial charge in [-0.2, -0.15) is 33.5 Å². The molecule has 366 valence electrons. The van der Waals surface area contributed by atoms with Crippen molar-refractivity contribution < 1.29 is 38.9 Å². The summed E-state index contributed by atoms with van der Waals surface area (Å²) in [6.45, 7) is 6.11. The van der Waals surface area contributed by atoms with Crippen LogP contribution < -0.4 is 27.0 Å². The number of nitrogens with zero attached hydrogens (tertiary/aromatic N) is 5. The minimum absolute atomic E-state index is 0.0147. The number of nitrogens with two attached hydrogens (primary N) is 2. The molecule has 9 atom stereocenters. The number of carbonyl (C=O) groups is 4. The molecule has 2 aromatic carbocycles. The first kappa shape index (κ1) is 49.8. The molecule has 0 radical (unpaired) electrons. The Morgan fingerprint density at radius 2 is 1.72 bits per heavy atom. The van der Waals surface area contributed by atoms with E-state index in [4.69, 9.17) is 11.5 Å². The van der Waals surface area contributed by atoms with Crippen LogP contribution in [0.5, 0.6) is 0 Å². The van der Waals surface area contributed by atoms with Crippen LogP contribution in [0.15, 0.2) is 78.5 Å². The van der Waals surface area contributed by atoms with Crippen molar-refractivity contribution >= 4 is 75.7 Å². The number of nitrogens with one attached hydrogen (secondary N) is 2. The maximum absolute atomic E-state index is 17.5.